The van der Waals surface area contributed by atoms with Crippen molar-refractivity contribution in [2.24, 2.45) is 0 Å². The quantitative estimate of drug-likeness (QED) is 0.636. The molecule has 0 atom stereocenters. The molecule has 0 heterocycles. The molecular weight excluding hydrogens is 271 g/mol. The van der Waals surface area contributed by atoms with Crippen LogP contribution in [0.15, 0.2) is 18.2 Å². The molecule has 5 heteroatoms. The Morgan fingerprint density at radius 2 is 1.95 bits per heavy atom. The summed E-state index contributed by atoms with van der Waals surface area (Å²) in [6.07, 6.45) is 0. The van der Waals surface area contributed by atoms with Crippen molar-refractivity contribution in [3.8, 4) is 5.75 Å². The van der Waals surface area contributed by atoms with Crippen molar-refractivity contribution in [3.63, 3.8) is 0 Å². The molecule has 1 rings (SSSR count). The number of benzene rings is 1. The highest BCUT2D eigenvalue weighted by Crippen LogP contribution is 2.18. The van der Waals surface area contributed by atoms with E-state index < -0.39 is 0 Å². The Balaban J connectivity index is 2.39. The highest BCUT2D eigenvalue weighted by molar-refractivity contribution is 5.29. The zero-order chi connectivity index (χ0) is 15.5. The lowest BCUT2D eigenvalue weighted by Gasteiger charge is -2.18. The van der Waals surface area contributed by atoms with Crippen molar-refractivity contribution in [1.29, 1.82) is 0 Å². The molecule has 0 saturated carbocycles. The summed E-state index contributed by atoms with van der Waals surface area (Å²) in [5.41, 5.74) is 0.902. The lowest BCUT2D eigenvalue weighted by atomic mass is 10.2. The maximum absolute atomic E-state index is 13.9. The number of halogens is 1. The van der Waals surface area contributed by atoms with Crippen LogP contribution in [0.25, 0.3) is 0 Å². The number of ether oxygens (including phenoxy) is 2. The second-order valence-corrected chi connectivity index (χ2v) is 4.81. The van der Waals surface area contributed by atoms with Gasteiger partial charge in [0, 0.05) is 26.7 Å². The molecule has 0 aromatic heterocycles. The maximum atomic E-state index is 13.9. The molecule has 1 aromatic carbocycles. The molecule has 21 heavy (non-hydrogen) atoms. The van der Waals surface area contributed by atoms with E-state index in [4.69, 9.17) is 9.47 Å². The smallest absolute Gasteiger partial charge is 0.165 e. The van der Waals surface area contributed by atoms with Crippen LogP contribution in [0.2, 0.25) is 0 Å². The van der Waals surface area contributed by atoms with Crippen LogP contribution in [-0.2, 0) is 11.3 Å². The van der Waals surface area contributed by atoms with Crippen LogP contribution in [0, 0.1) is 5.82 Å². The molecule has 0 bridgehead atoms. The van der Waals surface area contributed by atoms with Crippen molar-refractivity contribution in [1.82, 2.24) is 10.2 Å². The normalized spacial score (nSPS) is 11.1. The highest BCUT2D eigenvalue weighted by Gasteiger charge is 2.06. The fourth-order valence-electron chi connectivity index (χ4n) is 2.00. The van der Waals surface area contributed by atoms with Crippen molar-refractivity contribution in [2.75, 3.05) is 46.5 Å². The van der Waals surface area contributed by atoms with E-state index in [1.807, 2.05) is 6.07 Å². The molecule has 0 fully saturated rings. The average molecular weight is 298 g/mol. The minimum Gasteiger partial charge on any atom is -0.489 e. The fraction of sp³-hybridized carbons (Fsp3) is 0.625. The van der Waals surface area contributed by atoms with Gasteiger partial charge in [-0.25, -0.2) is 4.39 Å². The summed E-state index contributed by atoms with van der Waals surface area (Å²) in [5, 5.41) is 3.18. The van der Waals surface area contributed by atoms with Gasteiger partial charge in [-0.2, -0.15) is 0 Å². The third kappa shape index (κ3) is 6.89. The second kappa shape index (κ2) is 10.5. The molecule has 0 aliphatic carbocycles. The molecule has 0 aliphatic rings. The van der Waals surface area contributed by atoms with Gasteiger partial charge in [-0.15, -0.1) is 0 Å². The number of hydrogen-bond donors (Lipinski definition) is 1. The van der Waals surface area contributed by atoms with Gasteiger partial charge in [0.1, 0.15) is 6.61 Å². The molecule has 0 amide bonds. The van der Waals surface area contributed by atoms with Crippen molar-refractivity contribution < 1.29 is 13.9 Å². The summed E-state index contributed by atoms with van der Waals surface area (Å²) in [4.78, 5) is 2.24. The molecule has 0 spiro atoms. The first-order valence-electron chi connectivity index (χ1n) is 7.54. The van der Waals surface area contributed by atoms with Crippen molar-refractivity contribution >= 4 is 0 Å². The predicted octanol–water partition coefficient (Wildman–Crippen LogP) is 2.28. The Morgan fingerprint density at radius 3 is 2.57 bits per heavy atom. The Bertz CT molecular complexity index is 398. The molecule has 0 unspecified atom stereocenters. The maximum Gasteiger partial charge on any atom is 0.165 e. The van der Waals surface area contributed by atoms with Crippen molar-refractivity contribution in [3.05, 3.63) is 29.6 Å². The first-order valence-corrected chi connectivity index (χ1v) is 7.54. The number of likely N-dealkylation sites (N-methyl/N-ethyl adjacent to an activating group) is 1. The lowest BCUT2D eigenvalue weighted by Crippen LogP contribution is -2.28. The summed E-state index contributed by atoms with van der Waals surface area (Å²) in [5.74, 6) is 0.0170. The number of methoxy groups -OCH3 is 1. The Labute approximate surface area is 127 Å². The molecular formula is C16H27FN2O2. The third-order valence-electron chi connectivity index (χ3n) is 3.37. The van der Waals surface area contributed by atoms with E-state index in [1.165, 1.54) is 6.07 Å². The van der Waals surface area contributed by atoms with Gasteiger partial charge >= 0.3 is 0 Å². The molecule has 1 N–H and O–H groups in total. The minimum atomic E-state index is -0.305. The van der Waals surface area contributed by atoms with Gasteiger partial charge < -0.3 is 19.7 Å². The van der Waals surface area contributed by atoms with Crippen LogP contribution in [-0.4, -0.2) is 51.4 Å². The van der Waals surface area contributed by atoms with Gasteiger partial charge in [-0.3, -0.25) is 0 Å². The molecule has 4 nitrogen and oxygen atoms in total. The summed E-state index contributed by atoms with van der Waals surface area (Å²) in [6, 6.07) is 5.10. The molecule has 120 valence electrons. The van der Waals surface area contributed by atoms with Gasteiger partial charge in [0.2, 0.25) is 0 Å². The van der Waals surface area contributed by atoms with Gasteiger partial charge in [0.25, 0.3) is 0 Å². The largest absolute Gasteiger partial charge is 0.489 e. The van der Waals surface area contributed by atoms with Crippen LogP contribution in [0.1, 0.15) is 19.4 Å². The van der Waals surface area contributed by atoms with Gasteiger partial charge in [0.15, 0.2) is 11.6 Å². The van der Waals surface area contributed by atoms with E-state index in [0.717, 1.165) is 31.7 Å². The minimum absolute atomic E-state index is 0.305. The standard InChI is InChI=1S/C16H27FN2O2/c1-4-19(5-2)9-11-21-16-7-6-14(12-15(16)17)13-18-8-10-20-3/h6-7,12,18H,4-5,8-11,13H2,1-3H3. The SMILES string of the molecule is CCN(CC)CCOc1ccc(CNCCOC)cc1F. The highest BCUT2D eigenvalue weighted by atomic mass is 19.1. The Kier molecular flexibility index (Phi) is 8.98. The fourth-order valence-corrected chi connectivity index (χ4v) is 2.00. The van der Waals surface area contributed by atoms with E-state index >= 15 is 0 Å². The van der Waals surface area contributed by atoms with E-state index in [0.29, 0.717) is 25.5 Å². The second-order valence-electron chi connectivity index (χ2n) is 4.81. The summed E-state index contributed by atoms with van der Waals surface area (Å²) in [7, 11) is 1.66. The van der Waals surface area contributed by atoms with Gasteiger partial charge in [0.05, 0.1) is 6.61 Å². The molecule has 0 aliphatic heterocycles. The van der Waals surface area contributed by atoms with Crippen LogP contribution < -0.4 is 10.1 Å². The van der Waals surface area contributed by atoms with E-state index in [1.54, 1.807) is 13.2 Å². The zero-order valence-electron chi connectivity index (χ0n) is 13.3. The van der Waals surface area contributed by atoms with Crippen molar-refractivity contribution in [2.45, 2.75) is 20.4 Å². The summed E-state index contributed by atoms with van der Waals surface area (Å²) < 4.78 is 24.4. The molecule has 1 aromatic rings. The summed E-state index contributed by atoms with van der Waals surface area (Å²) in [6.45, 7) is 9.51. The number of nitrogens with one attached hydrogen (secondary N) is 1. The van der Waals surface area contributed by atoms with E-state index in [9.17, 15) is 4.39 Å². The average Bonchev–Trinajstić information content (AvgIpc) is 2.50. The van der Waals surface area contributed by atoms with E-state index in [2.05, 4.69) is 24.1 Å². The lowest BCUT2D eigenvalue weighted by molar-refractivity contribution is 0.199. The predicted molar refractivity (Wildman–Crippen MR) is 83.3 cm³/mol. The Morgan fingerprint density at radius 1 is 1.19 bits per heavy atom. The summed E-state index contributed by atoms with van der Waals surface area (Å²) >= 11 is 0. The monoisotopic (exact) mass is 298 g/mol. The van der Waals surface area contributed by atoms with Gasteiger partial charge in [-0.05, 0) is 30.8 Å². The van der Waals surface area contributed by atoms with Crippen LogP contribution in [0.5, 0.6) is 5.75 Å². The van der Waals surface area contributed by atoms with E-state index in [-0.39, 0.29) is 5.82 Å². The molecule has 0 saturated heterocycles. The molecule has 0 radical (unpaired) electrons. The Hall–Kier alpha value is -1.17. The third-order valence-corrected chi connectivity index (χ3v) is 3.37. The number of nitrogens with zero attached hydrogens (tertiary/aromatic N) is 1. The van der Waals surface area contributed by atoms with Gasteiger partial charge in [-0.1, -0.05) is 19.9 Å². The zero-order valence-corrected chi connectivity index (χ0v) is 13.3. The first kappa shape index (κ1) is 17.9. The van der Waals surface area contributed by atoms with Crippen LogP contribution in [0.4, 0.5) is 4.39 Å². The topological polar surface area (TPSA) is 33.7 Å². The van der Waals surface area contributed by atoms with Crippen LogP contribution in [0.3, 0.4) is 0 Å². The first-order chi connectivity index (χ1) is 10.2. The number of rotatable bonds is 11. The number of hydrogen-bond acceptors (Lipinski definition) is 4. The van der Waals surface area contributed by atoms with Crippen LogP contribution >= 0.6 is 0 Å².